The van der Waals surface area contributed by atoms with Gasteiger partial charge in [-0.3, -0.25) is 9.59 Å². The summed E-state index contributed by atoms with van der Waals surface area (Å²) in [5, 5.41) is 8.79. The van der Waals surface area contributed by atoms with Gasteiger partial charge in [-0.25, -0.2) is 8.78 Å². The van der Waals surface area contributed by atoms with E-state index in [1.807, 2.05) is 0 Å². The van der Waals surface area contributed by atoms with E-state index in [2.05, 4.69) is 0 Å². The average Bonchev–Trinajstić information content (AvgIpc) is 2.39. The topological polar surface area (TPSA) is 72.8 Å². The molecule has 1 aromatic carbocycles. The number of esters is 1. The monoisotopic (exact) mass is 288 g/mol. The van der Waals surface area contributed by atoms with Gasteiger partial charge in [-0.05, 0) is 17.7 Å². The summed E-state index contributed by atoms with van der Waals surface area (Å²) in [6.45, 7) is 0.110. The van der Waals surface area contributed by atoms with Crippen molar-refractivity contribution in [3.63, 3.8) is 0 Å². The predicted molar refractivity (Wildman–Crippen MR) is 64.2 cm³/mol. The molecule has 1 rings (SSSR count). The van der Waals surface area contributed by atoms with Crippen LogP contribution in [-0.2, 0) is 19.1 Å². The van der Waals surface area contributed by atoms with Crippen LogP contribution in [0.2, 0.25) is 0 Å². The number of methoxy groups -OCH3 is 1. The molecule has 0 aliphatic rings. The Labute approximate surface area is 114 Å². The van der Waals surface area contributed by atoms with E-state index in [1.54, 1.807) is 0 Å². The quantitative estimate of drug-likeness (QED) is 0.611. The van der Waals surface area contributed by atoms with Gasteiger partial charge in [-0.2, -0.15) is 0 Å². The van der Waals surface area contributed by atoms with Crippen LogP contribution >= 0.6 is 0 Å². The Morgan fingerprint density at radius 2 is 1.95 bits per heavy atom. The maximum atomic E-state index is 13.2. The van der Waals surface area contributed by atoms with E-state index in [1.165, 1.54) is 7.11 Å². The van der Waals surface area contributed by atoms with E-state index in [0.717, 1.165) is 18.2 Å². The summed E-state index contributed by atoms with van der Waals surface area (Å²) in [6, 6.07) is 2.78. The molecule has 1 aromatic rings. The van der Waals surface area contributed by atoms with Gasteiger partial charge in [-0.15, -0.1) is 0 Å². The zero-order valence-electron chi connectivity index (χ0n) is 10.8. The average molecular weight is 288 g/mol. The third kappa shape index (κ3) is 4.58. The van der Waals surface area contributed by atoms with Crippen molar-refractivity contribution in [3.05, 3.63) is 35.4 Å². The summed E-state index contributed by atoms with van der Waals surface area (Å²) in [6.07, 6.45) is -0.573. The number of hydrogen-bond donors (Lipinski definition) is 1. The highest BCUT2D eigenvalue weighted by molar-refractivity contribution is 5.83. The SMILES string of the molecule is COCCOC(=O)C(CC(=O)O)c1ccc(F)c(F)c1. The lowest BCUT2D eigenvalue weighted by Gasteiger charge is -2.14. The van der Waals surface area contributed by atoms with Crippen LogP contribution in [0.15, 0.2) is 18.2 Å². The van der Waals surface area contributed by atoms with Crippen molar-refractivity contribution >= 4 is 11.9 Å². The number of carbonyl (C=O) groups excluding carboxylic acids is 1. The lowest BCUT2D eigenvalue weighted by Crippen LogP contribution is -2.21. The molecule has 20 heavy (non-hydrogen) atoms. The minimum absolute atomic E-state index is 0.0465. The van der Waals surface area contributed by atoms with Crippen molar-refractivity contribution in [2.45, 2.75) is 12.3 Å². The number of carboxylic acids is 1. The number of aliphatic carboxylic acids is 1. The fourth-order valence-corrected chi connectivity index (χ4v) is 1.57. The Morgan fingerprint density at radius 1 is 1.25 bits per heavy atom. The van der Waals surface area contributed by atoms with Gasteiger partial charge in [-0.1, -0.05) is 6.07 Å². The van der Waals surface area contributed by atoms with Gasteiger partial charge in [0.1, 0.15) is 6.61 Å². The molecule has 0 radical (unpaired) electrons. The van der Waals surface area contributed by atoms with E-state index in [0.29, 0.717) is 0 Å². The predicted octanol–water partition coefficient (Wildman–Crippen LogP) is 1.71. The van der Waals surface area contributed by atoms with Crippen LogP contribution in [0.5, 0.6) is 0 Å². The number of carbonyl (C=O) groups is 2. The number of hydrogen-bond acceptors (Lipinski definition) is 4. The Balaban J connectivity index is 2.90. The van der Waals surface area contributed by atoms with Gasteiger partial charge in [0.25, 0.3) is 0 Å². The van der Waals surface area contributed by atoms with Crippen molar-refractivity contribution in [2.75, 3.05) is 20.3 Å². The number of carboxylic acid groups (broad SMARTS) is 1. The first-order valence-corrected chi connectivity index (χ1v) is 5.78. The van der Waals surface area contributed by atoms with Gasteiger partial charge in [0.2, 0.25) is 0 Å². The molecular formula is C13H14F2O5. The summed E-state index contributed by atoms with van der Waals surface area (Å²) < 4.78 is 35.5. The Morgan fingerprint density at radius 3 is 2.50 bits per heavy atom. The second kappa shape index (κ2) is 7.54. The molecule has 1 atom stereocenters. The maximum absolute atomic E-state index is 13.2. The zero-order chi connectivity index (χ0) is 15.1. The Bertz CT molecular complexity index is 490. The number of benzene rings is 1. The van der Waals surface area contributed by atoms with E-state index in [9.17, 15) is 18.4 Å². The van der Waals surface area contributed by atoms with Gasteiger partial charge < -0.3 is 14.6 Å². The minimum atomic E-state index is -1.25. The zero-order valence-corrected chi connectivity index (χ0v) is 10.8. The molecule has 110 valence electrons. The molecule has 0 aromatic heterocycles. The summed E-state index contributed by atoms with van der Waals surface area (Å²) in [4.78, 5) is 22.6. The van der Waals surface area contributed by atoms with Crippen molar-refractivity contribution in [1.29, 1.82) is 0 Å². The molecule has 0 saturated carbocycles. The molecule has 7 heteroatoms. The van der Waals surface area contributed by atoms with Crippen LogP contribution in [0.25, 0.3) is 0 Å². The van der Waals surface area contributed by atoms with Crippen LogP contribution in [-0.4, -0.2) is 37.4 Å². The standard InChI is InChI=1S/C13H14F2O5/c1-19-4-5-20-13(18)9(7-12(16)17)8-2-3-10(14)11(15)6-8/h2-3,6,9H,4-5,7H2,1H3,(H,16,17). The molecule has 0 heterocycles. The molecular weight excluding hydrogens is 274 g/mol. The van der Waals surface area contributed by atoms with E-state index in [4.69, 9.17) is 14.6 Å². The lowest BCUT2D eigenvalue weighted by molar-refractivity contribution is -0.150. The highest BCUT2D eigenvalue weighted by atomic mass is 19.2. The normalized spacial score (nSPS) is 11.9. The number of halogens is 2. The van der Waals surface area contributed by atoms with Crippen LogP contribution in [0.3, 0.4) is 0 Å². The van der Waals surface area contributed by atoms with Crippen LogP contribution in [0, 0.1) is 11.6 Å². The Hall–Kier alpha value is -2.02. The lowest BCUT2D eigenvalue weighted by atomic mass is 9.95. The number of ether oxygens (including phenoxy) is 2. The maximum Gasteiger partial charge on any atom is 0.314 e. The first kappa shape index (κ1) is 16.0. The fourth-order valence-electron chi connectivity index (χ4n) is 1.57. The van der Waals surface area contributed by atoms with Crippen LogP contribution < -0.4 is 0 Å². The summed E-state index contributed by atoms with van der Waals surface area (Å²) in [5.41, 5.74) is 0.0497. The minimum Gasteiger partial charge on any atom is -0.481 e. The highest BCUT2D eigenvalue weighted by Crippen LogP contribution is 2.23. The molecule has 0 saturated heterocycles. The Kier molecular flexibility index (Phi) is 6.05. The molecule has 1 N–H and O–H groups in total. The fraction of sp³-hybridized carbons (Fsp3) is 0.385. The first-order chi connectivity index (χ1) is 9.45. The second-order valence-electron chi connectivity index (χ2n) is 3.98. The van der Waals surface area contributed by atoms with Crippen molar-refractivity contribution in [1.82, 2.24) is 0 Å². The molecule has 0 bridgehead atoms. The second-order valence-corrected chi connectivity index (χ2v) is 3.98. The van der Waals surface area contributed by atoms with Crippen LogP contribution in [0.4, 0.5) is 8.78 Å². The summed E-state index contributed by atoms with van der Waals surface area (Å²) in [5.74, 6) is -5.49. The van der Waals surface area contributed by atoms with E-state index < -0.39 is 35.9 Å². The molecule has 1 unspecified atom stereocenters. The molecule has 0 fully saturated rings. The molecule has 0 spiro atoms. The molecule has 0 aliphatic carbocycles. The van der Waals surface area contributed by atoms with Gasteiger partial charge in [0, 0.05) is 7.11 Å². The largest absolute Gasteiger partial charge is 0.481 e. The smallest absolute Gasteiger partial charge is 0.314 e. The third-order valence-corrected chi connectivity index (χ3v) is 2.54. The van der Waals surface area contributed by atoms with Crippen molar-refractivity contribution in [3.8, 4) is 0 Å². The van der Waals surface area contributed by atoms with Gasteiger partial charge in [0.05, 0.1) is 18.9 Å². The summed E-state index contributed by atoms with van der Waals surface area (Å²) >= 11 is 0. The number of rotatable bonds is 7. The van der Waals surface area contributed by atoms with Gasteiger partial charge in [0.15, 0.2) is 11.6 Å². The summed E-state index contributed by atoms with van der Waals surface area (Å²) in [7, 11) is 1.41. The first-order valence-electron chi connectivity index (χ1n) is 5.78. The van der Waals surface area contributed by atoms with Gasteiger partial charge >= 0.3 is 11.9 Å². The van der Waals surface area contributed by atoms with Crippen molar-refractivity contribution < 1.29 is 33.0 Å². The van der Waals surface area contributed by atoms with Crippen molar-refractivity contribution in [2.24, 2.45) is 0 Å². The third-order valence-electron chi connectivity index (χ3n) is 2.54. The van der Waals surface area contributed by atoms with Crippen LogP contribution in [0.1, 0.15) is 17.9 Å². The molecule has 0 aliphatic heterocycles. The van der Waals surface area contributed by atoms with E-state index in [-0.39, 0.29) is 18.8 Å². The molecule has 5 nitrogen and oxygen atoms in total. The van der Waals surface area contributed by atoms with E-state index >= 15 is 0 Å². The molecule has 0 amide bonds. The highest BCUT2D eigenvalue weighted by Gasteiger charge is 2.26.